The second kappa shape index (κ2) is 5.20. The predicted octanol–water partition coefficient (Wildman–Crippen LogP) is 2.78. The van der Waals surface area contributed by atoms with Crippen molar-refractivity contribution in [2.75, 3.05) is 0 Å². The molecule has 1 heterocycles. The van der Waals surface area contributed by atoms with E-state index in [2.05, 4.69) is 6.07 Å². The molecule has 3 aliphatic rings. The molecular formula is C16H22N2O2. The fourth-order valence-electron chi connectivity index (χ4n) is 4.29. The van der Waals surface area contributed by atoms with E-state index in [4.69, 9.17) is 0 Å². The third-order valence-corrected chi connectivity index (χ3v) is 5.41. The number of rotatable bonds is 1. The maximum absolute atomic E-state index is 12.6. The van der Waals surface area contributed by atoms with Gasteiger partial charge in [0.15, 0.2) is 0 Å². The largest absolute Gasteiger partial charge is 0.274 e. The van der Waals surface area contributed by atoms with E-state index in [9.17, 15) is 14.9 Å². The van der Waals surface area contributed by atoms with Gasteiger partial charge >= 0.3 is 0 Å². The van der Waals surface area contributed by atoms with E-state index >= 15 is 0 Å². The number of carbonyl (C=O) groups excluding carboxylic acids is 2. The highest BCUT2D eigenvalue weighted by Gasteiger charge is 2.56. The normalized spacial score (nSPS) is 33.5. The second-order valence-electron chi connectivity index (χ2n) is 6.57. The average molecular weight is 274 g/mol. The van der Waals surface area contributed by atoms with Crippen LogP contribution in [0.4, 0.5) is 0 Å². The first-order valence-corrected chi connectivity index (χ1v) is 7.99. The molecule has 3 rings (SSSR count). The van der Waals surface area contributed by atoms with E-state index in [0.717, 1.165) is 44.9 Å². The highest BCUT2D eigenvalue weighted by molar-refractivity contribution is 6.06. The van der Waals surface area contributed by atoms with Crippen molar-refractivity contribution in [2.24, 2.45) is 11.8 Å². The minimum atomic E-state index is -0.848. The Kier molecular flexibility index (Phi) is 3.54. The Labute approximate surface area is 120 Å². The molecule has 0 bridgehead atoms. The van der Waals surface area contributed by atoms with Crippen molar-refractivity contribution >= 4 is 11.8 Å². The van der Waals surface area contributed by atoms with Gasteiger partial charge in [-0.3, -0.25) is 14.5 Å². The molecule has 2 atom stereocenters. The van der Waals surface area contributed by atoms with Crippen LogP contribution in [0, 0.1) is 23.2 Å². The number of imide groups is 1. The van der Waals surface area contributed by atoms with Gasteiger partial charge in [-0.2, -0.15) is 5.26 Å². The number of carbonyl (C=O) groups is 2. The molecular weight excluding hydrogens is 252 g/mol. The highest BCUT2D eigenvalue weighted by atomic mass is 16.2. The molecule has 2 unspecified atom stereocenters. The molecule has 2 amide bonds. The number of hydrogen-bond donors (Lipinski definition) is 0. The third-order valence-electron chi connectivity index (χ3n) is 5.41. The molecule has 20 heavy (non-hydrogen) atoms. The average Bonchev–Trinajstić information content (AvgIpc) is 2.97. The smallest absolute Gasteiger partial charge is 0.234 e. The van der Waals surface area contributed by atoms with Gasteiger partial charge in [0.25, 0.3) is 0 Å². The van der Waals surface area contributed by atoms with Gasteiger partial charge < -0.3 is 0 Å². The highest BCUT2D eigenvalue weighted by Crippen LogP contribution is 2.45. The Bertz CT molecular complexity index is 436. The van der Waals surface area contributed by atoms with Gasteiger partial charge in [0.2, 0.25) is 11.8 Å². The number of likely N-dealkylation sites (tertiary alicyclic amines) is 1. The Morgan fingerprint density at radius 3 is 1.90 bits per heavy atom. The Morgan fingerprint density at radius 2 is 1.40 bits per heavy atom. The number of nitriles is 1. The van der Waals surface area contributed by atoms with Crippen molar-refractivity contribution in [1.82, 2.24) is 4.90 Å². The molecule has 0 aromatic heterocycles. The molecule has 108 valence electrons. The van der Waals surface area contributed by atoms with Gasteiger partial charge in [0, 0.05) is 0 Å². The van der Waals surface area contributed by atoms with Crippen LogP contribution in [0.2, 0.25) is 0 Å². The fraction of sp³-hybridized carbons (Fsp3) is 0.812. The lowest BCUT2D eigenvalue weighted by Gasteiger charge is -2.36. The van der Waals surface area contributed by atoms with Crippen LogP contribution in [0.15, 0.2) is 0 Å². The van der Waals surface area contributed by atoms with E-state index in [1.807, 2.05) is 0 Å². The van der Waals surface area contributed by atoms with Crippen LogP contribution in [0.3, 0.4) is 0 Å². The zero-order valence-electron chi connectivity index (χ0n) is 11.9. The lowest BCUT2D eigenvalue weighted by Crippen LogP contribution is -2.52. The van der Waals surface area contributed by atoms with Gasteiger partial charge in [0.1, 0.15) is 5.54 Å². The van der Waals surface area contributed by atoms with Crippen molar-refractivity contribution < 1.29 is 9.59 Å². The first-order chi connectivity index (χ1) is 9.69. The number of nitrogens with zero attached hydrogens (tertiary/aromatic N) is 2. The molecule has 0 aromatic rings. The van der Waals surface area contributed by atoms with Gasteiger partial charge in [-0.15, -0.1) is 0 Å². The number of hydrogen-bond acceptors (Lipinski definition) is 3. The standard InChI is InChI=1S/C16H22N2O2/c17-11-16(9-4-2-1-3-5-10-16)18-14(19)12-7-6-8-13(12)15(18)20/h12-13H,1-10H2. The molecule has 1 aliphatic heterocycles. The zero-order valence-corrected chi connectivity index (χ0v) is 11.9. The summed E-state index contributed by atoms with van der Waals surface area (Å²) in [6.45, 7) is 0. The summed E-state index contributed by atoms with van der Waals surface area (Å²) in [4.78, 5) is 26.6. The minimum Gasteiger partial charge on any atom is -0.274 e. The van der Waals surface area contributed by atoms with Crippen LogP contribution in [-0.2, 0) is 9.59 Å². The van der Waals surface area contributed by atoms with Gasteiger partial charge in [0.05, 0.1) is 17.9 Å². The Balaban J connectivity index is 1.90. The Hall–Kier alpha value is -1.37. The van der Waals surface area contributed by atoms with E-state index in [0.29, 0.717) is 12.8 Å². The summed E-state index contributed by atoms with van der Waals surface area (Å²) in [6.07, 6.45) is 9.26. The molecule has 4 nitrogen and oxygen atoms in total. The first kappa shape index (κ1) is 13.6. The SMILES string of the molecule is N#CC1(N2C(=O)C3CCCC3C2=O)CCCCCCC1. The second-order valence-corrected chi connectivity index (χ2v) is 6.57. The van der Waals surface area contributed by atoms with Crippen molar-refractivity contribution in [1.29, 1.82) is 5.26 Å². The topological polar surface area (TPSA) is 61.2 Å². The van der Waals surface area contributed by atoms with Crippen molar-refractivity contribution in [2.45, 2.75) is 69.7 Å². The van der Waals surface area contributed by atoms with E-state index in [-0.39, 0.29) is 23.7 Å². The molecule has 0 N–H and O–H groups in total. The third kappa shape index (κ3) is 1.95. The molecule has 2 aliphatic carbocycles. The monoisotopic (exact) mass is 274 g/mol. The van der Waals surface area contributed by atoms with E-state index in [1.165, 1.54) is 11.3 Å². The first-order valence-electron chi connectivity index (χ1n) is 7.99. The zero-order chi connectivity index (χ0) is 14.2. The van der Waals surface area contributed by atoms with Crippen molar-refractivity contribution in [3.05, 3.63) is 0 Å². The van der Waals surface area contributed by atoms with Gasteiger partial charge in [-0.25, -0.2) is 0 Å². The predicted molar refractivity (Wildman–Crippen MR) is 73.3 cm³/mol. The molecule has 0 aromatic carbocycles. The molecule has 2 saturated carbocycles. The van der Waals surface area contributed by atoms with Crippen LogP contribution < -0.4 is 0 Å². The van der Waals surface area contributed by atoms with Crippen molar-refractivity contribution in [3.8, 4) is 6.07 Å². The summed E-state index contributed by atoms with van der Waals surface area (Å²) < 4.78 is 0. The molecule has 0 spiro atoms. The van der Waals surface area contributed by atoms with E-state index in [1.54, 1.807) is 0 Å². The fourth-order valence-corrected chi connectivity index (χ4v) is 4.29. The summed E-state index contributed by atoms with van der Waals surface area (Å²) in [5.74, 6) is -0.365. The molecule has 4 heteroatoms. The molecule has 0 radical (unpaired) electrons. The Morgan fingerprint density at radius 1 is 0.900 bits per heavy atom. The lowest BCUT2D eigenvalue weighted by atomic mass is 9.83. The maximum atomic E-state index is 12.6. The summed E-state index contributed by atoms with van der Waals surface area (Å²) in [5.41, 5.74) is -0.848. The molecule has 3 fully saturated rings. The minimum absolute atomic E-state index is 0.0559. The quantitative estimate of drug-likeness (QED) is 0.691. The summed E-state index contributed by atoms with van der Waals surface area (Å²) in [7, 11) is 0. The van der Waals surface area contributed by atoms with Crippen LogP contribution in [0.5, 0.6) is 0 Å². The number of amides is 2. The summed E-state index contributed by atoms with van der Waals surface area (Å²) >= 11 is 0. The van der Waals surface area contributed by atoms with E-state index < -0.39 is 5.54 Å². The van der Waals surface area contributed by atoms with Crippen molar-refractivity contribution in [3.63, 3.8) is 0 Å². The molecule has 1 saturated heterocycles. The number of fused-ring (bicyclic) bond motifs is 1. The maximum Gasteiger partial charge on any atom is 0.234 e. The lowest BCUT2D eigenvalue weighted by molar-refractivity contribution is -0.146. The van der Waals surface area contributed by atoms with Gasteiger partial charge in [-0.1, -0.05) is 38.5 Å². The van der Waals surface area contributed by atoms with Crippen LogP contribution in [0.25, 0.3) is 0 Å². The summed E-state index contributed by atoms with van der Waals surface area (Å²) in [5, 5.41) is 9.72. The van der Waals surface area contributed by atoms with Crippen LogP contribution in [-0.4, -0.2) is 22.3 Å². The van der Waals surface area contributed by atoms with Gasteiger partial charge in [-0.05, 0) is 25.7 Å². The van der Waals surface area contributed by atoms with Crippen LogP contribution >= 0.6 is 0 Å². The van der Waals surface area contributed by atoms with Crippen LogP contribution in [0.1, 0.15) is 64.2 Å². The summed E-state index contributed by atoms with van der Waals surface area (Å²) in [6, 6.07) is 2.36.